The number of hydrogen-bond donors (Lipinski definition) is 4. The van der Waals surface area contributed by atoms with Crippen LogP contribution in [0.4, 0.5) is 9.59 Å². The van der Waals surface area contributed by atoms with Gasteiger partial charge >= 0.3 is 12.2 Å². The lowest BCUT2D eigenvalue weighted by Gasteiger charge is -2.40. The van der Waals surface area contributed by atoms with E-state index in [1.54, 1.807) is 11.3 Å². The summed E-state index contributed by atoms with van der Waals surface area (Å²) in [6.45, 7) is 11.2. The van der Waals surface area contributed by atoms with E-state index in [0.717, 1.165) is 88.5 Å². The minimum absolute atomic E-state index is 0.101. The molecule has 4 amide bonds. The van der Waals surface area contributed by atoms with Crippen molar-refractivity contribution in [3.05, 3.63) is 71.4 Å². The molecule has 2 aliphatic carbocycles. The smallest absolute Gasteiger partial charge is 0.407 e. The minimum Gasteiger partial charge on any atom is -0.453 e. The maximum Gasteiger partial charge on any atom is 0.407 e. The van der Waals surface area contributed by atoms with Gasteiger partial charge in [0.05, 0.1) is 38.0 Å². The summed E-state index contributed by atoms with van der Waals surface area (Å²) in [7, 11) is 2.62. The van der Waals surface area contributed by atoms with Gasteiger partial charge in [-0.1, -0.05) is 64.1 Å². The number of rotatable bonds is 11. The van der Waals surface area contributed by atoms with Crippen LogP contribution in [-0.2, 0) is 30.1 Å². The number of carbonyl (C=O) groups excluding carboxylic acids is 4. The molecule has 3 aromatic heterocycles. The molecular weight excluding hydrogens is 805 g/mol. The Morgan fingerprint density at radius 2 is 1.21 bits per heavy atom. The molecule has 4 fully saturated rings. The molecule has 2 aliphatic heterocycles. The van der Waals surface area contributed by atoms with Crippen LogP contribution < -0.4 is 10.6 Å². The van der Waals surface area contributed by atoms with E-state index >= 15 is 0 Å². The molecule has 5 heterocycles. The fourth-order valence-electron chi connectivity index (χ4n) is 10.9. The Balaban J connectivity index is 0.967. The number of benzene rings is 2. The number of imidazole rings is 2. The number of thiophene rings is 1. The molecule has 6 atom stereocenters. The molecule has 0 spiro atoms. The molecule has 2 aromatic carbocycles. The number of nitrogens with zero attached hydrogens (tertiary/aromatic N) is 4. The molecule has 0 radical (unpaired) electrons. The molecular formula is C47H56N8O6S. The Hall–Kier alpha value is -5.70. The van der Waals surface area contributed by atoms with Crippen molar-refractivity contribution in [3.8, 4) is 33.6 Å². The summed E-state index contributed by atoms with van der Waals surface area (Å²) in [5.41, 5.74) is 6.17. The number of ether oxygens (including phenoxy) is 2. The lowest BCUT2D eigenvalue weighted by Crippen LogP contribution is -2.56. The van der Waals surface area contributed by atoms with Crippen LogP contribution in [-0.4, -0.2) is 93.1 Å². The molecule has 0 unspecified atom stereocenters. The van der Waals surface area contributed by atoms with Crippen molar-refractivity contribution >= 4 is 45.4 Å². The number of aromatic nitrogens is 4. The number of likely N-dealkylation sites (tertiary alicyclic amines) is 2. The largest absolute Gasteiger partial charge is 0.453 e. The average Bonchev–Trinajstić information content (AvgIpc) is 4.14. The van der Waals surface area contributed by atoms with Crippen LogP contribution >= 0.6 is 11.3 Å². The summed E-state index contributed by atoms with van der Waals surface area (Å²) in [6.07, 6.45) is 7.90. The second-order valence-corrected chi connectivity index (χ2v) is 19.4. The maximum atomic E-state index is 14.1. The predicted octanol–water partition coefficient (Wildman–Crippen LogP) is 8.09. The number of piperidine rings is 2. The molecule has 5 aromatic rings. The van der Waals surface area contributed by atoms with Gasteiger partial charge in [0.1, 0.15) is 34.8 Å². The van der Waals surface area contributed by atoms with Gasteiger partial charge in [-0.05, 0) is 96.8 Å². The van der Waals surface area contributed by atoms with Crippen molar-refractivity contribution in [2.24, 2.45) is 23.7 Å². The lowest BCUT2D eigenvalue weighted by atomic mass is 9.93. The molecule has 4 aliphatic rings. The van der Waals surface area contributed by atoms with E-state index in [0.29, 0.717) is 24.9 Å². The molecule has 9 rings (SSSR count). The number of carbonyl (C=O) groups is 4. The van der Waals surface area contributed by atoms with E-state index in [-0.39, 0.29) is 23.7 Å². The quantitative estimate of drug-likeness (QED) is 0.103. The maximum absolute atomic E-state index is 14.1. The number of alkyl carbamates (subject to hydrolysis) is 2. The number of aromatic amines is 2. The first kappa shape index (κ1) is 41.6. The predicted molar refractivity (Wildman–Crippen MR) is 237 cm³/mol. The van der Waals surface area contributed by atoms with Crippen LogP contribution in [0.2, 0.25) is 0 Å². The van der Waals surface area contributed by atoms with Crippen LogP contribution in [0.25, 0.3) is 43.7 Å². The highest BCUT2D eigenvalue weighted by Gasteiger charge is 2.58. The first-order valence-electron chi connectivity index (χ1n) is 21.8. The summed E-state index contributed by atoms with van der Waals surface area (Å²) >= 11 is 1.72. The Morgan fingerprint density at radius 3 is 1.71 bits per heavy atom. The van der Waals surface area contributed by atoms with E-state index in [1.165, 1.54) is 25.2 Å². The third-order valence-corrected chi connectivity index (χ3v) is 15.3. The van der Waals surface area contributed by atoms with E-state index < -0.39 is 35.3 Å². The number of hydrogen-bond acceptors (Lipinski definition) is 9. The Bertz CT molecular complexity index is 2540. The van der Waals surface area contributed by atoms with Crippen molar-refractivity contribution in [1.82, 2.24) is 40.4 Å². The van der Waals surface area contributed by atoms with Gasteiger partial charge in [-0.3, -0.25) is 9.59 Å². The van der Waals surface area contributed by atoms with Crippen LogP contribution in [0.3, 0.4) is 0 Å². The van der Waals surface area contributed by atoms with Crippen molar-refractivity contribution < 1.29 is 28.7 Å². The number of fused-ring (bicyclic) bond motifs is 5. The van der Waals surface area contributed by atoms with Crippen LogP contribution in [0.15, 0.2) is 54.2 Å². The average molecular weight is 861 g/mol. The van der Waals surface area contributed by atoms with Crippen molar-refractivity contribution in [3.63, 3.8) is 0 Å². The van der Waals surface area contributed by atoms with Crippen molar-refractivity contribution in [2.45, 2.75) is 96.3 Å². The number of H-pyrrole nitrogens is 2. The fourth-order valence-corrected chi connectivity index (χ4v) is 12.0. The van der Waals surface area contributed by atoms with Gasteiger partial charge in [0, 0.05) is 28.7 Å². The van der Waals surface area contributed by atoms with Gasteiger partial charge in [-0.2, -0.15) is 0 Å². The zero-order valence-corrected chi connectivity index (χ0v) is 37.3. The molecule has 62 heavy (non-hydrogen) atoms. The van der Waals surface area contributed by atoms with Gasteiger partial charge in [0.15, 0.2) is 0 Å². The molecule has 326 valence electrons. The van der Waals surface area contributed by atoms with E-state index in [2.05, 4.69) is 69.3 Å². The summed E-state index contributed by atoms with van der Waals surface area (Å²) in [6, 6.07) is 11.5. The van der Waals surface area contributed by atoms with E-state index in [9.17, 15) is 19.2 Å². The van der Waals surface area contributed by atoms with E-state index in [4.69, 9.17) is 19.4 Å². The summed E-state index contributed by atoms with van der Waals surface area (Å²) in [5.74, 6) is 1.92. The highest BCUT2D eigenvalue weighted by molar-refractivity contribution is 7.18. The highest BCUT2D eigenvalue weighted by atomic mass is 32.1. The Morgan fingerprint density at radius 1 is 0.726 bits per heavy atom. The Labute approximate surface area is 365 Å². The lowest BCUT2D eigenvalue weighted by molar-refractivity contribution is -0.141. The second-order valence-electron chi connectivity index (χ2n) is 18.5. The number of amides is 4. The molecule has 2 saturated heterocycles. The first-order chi connectivity index (χ1) is 29.8. The topological polar surface area (TPSA) is 175 Å². The standard InChI is InChI=1S/C47H56N8O6S/c1-25(2)37(52-44(58)60-6)40(56)54-22-28-14-16-46(54,18-28)42-48-20-34(50-42)31-10-8-30(9-11-31)32-12-13-33(39-36(32)27(5)24-62-39)35-21-49-43(51-35)47-17-15-29(19-47)23-55(47)41(57)38(26(3)4)53-45(59)61-7/h8-13,20-21,24-26,28-29,37-38H,14-19,22-23H2,1-7H3,(H,48,50)(H,49,51)(H,52,58)(H,53,59)/t28-,29-,37+,38+,46+,47+/m1/s1. The normalized spacial score (nSPS) is 23.7. The Kier molecular flexibility index (Phi) is 10.7. The van der Waals surface area contributed by atoms with E-state index in [1.807, 2.05) is 49.9 Å². The summed E-state index contributed by atoms with van der Waals surface area (Å²) in [4.78, 5) is 73.6. The fraction of sp³-hybridized carbons (Fsp3) is 0.489. The van der Waals surface area contributed by atoms with Crippen LogP contribution in [0.5, 0.6) is 0 Å². The zero-order chi connectivity index (χ0) is 43.7. The monoisotopic (exact) mass is 860 g/mol. The third-order valence-electron chi connectivity index (χ3n) is 14.2. The van der Waals surface area contributed by atoms with Gasteiger partial charge in [0.25, 0.3) is 0 Å². The molecule has 4 N–H and O–H groups in total. The molecule has 2 saturated carbocycles. The zero-order valence-electron chi connectivity index (χ0n) is 36.5. The van der Waals surface area contributed by atoms with Gasteiger partial charge in [-0.15, -0.1) is 11.3 Å². The van der Waals surface area contributed by atoms with Crippen molar-refractivity contribution in [2.75, 3.05) is 27.3 Å². The molecule has 14 nitrogen and oxygen atoms in total. The van der Waals surface area contributed by atoms with Gasteiger partial charge < -0.3 is 39.9 Å². The highest BCUT2D eigenvalue weighted by Crippen LogP contribution is 2.54. The minimum atomic E-state index is -0.697. The number of aryl methyl sites for hydroxylation is 1. The summed E-state index contributed by atoms with van der Waals surface area (Å²) in [5, 5.41) is 8.93. The number of methoxy groups -OCH3 is 2. The number of nitrogens with one attached hydrogen (secondary N) is 4. The van der Waals surface area contributed by atoms with Crippen LogP contribution in [0.1, 0.15) is 83.4 Å². The molecule has 15 heteroatoms. The third kappa shape index (κ3) is 6.83. The molecule has 4 bridgehead atoms. The first-order valence-corrected chi connectivity index (χ1v) is 22.7. The van der Waals surface area contributed by atoms with Gasteiger partial charge in [0.2, 0.25) is 11.8 Å². The van der Waals surface area contributed by atoms with Gasteiger partial charge in [-0.25, -0.2) is 19.6 Å². The SMILES string of the molecule is COC(=O)N[C@H](C(=O)N1C[C@@H]2CC[C@@]1(c1ncc(-c3ccc(-c4ccc(-c5cnc([C@@]67CC[C@@H](CN6C(=O)[C@@H](NC(=O)OC)C(C)C)C7)[nH]5)c5scc(C)c45)cc3)[nH]1)C2)C(C)C. The summed E-state index contributed by atoms with van der Waals surface area (Å²) < 4.78 is 10.9. The van der Waals surface area contributed by atoms with Crippen LogP contribution in [0, 0.1) is 30.6 Å². The van der Waals surface area contributed by atoms with Crippen molar-refractivity contribution in [1.29, 1.82) is 0 Å². The second kappa shape index (κ2) is 15.9.